The normalized spacial score (nSPS) is 10.1. The molecule has 2 rings (SSSR count). The molecule has 1 amide bonds. The van der Waals surface area contributed by atoms with Crippen molar-refractivity contribution >= 4 is 39.0 Å². The minimum absolute atomic E-state index is 0.169. The number of nitrogens with one attached hydrogen (secondary N) is 1. The number of pyridine rings is 1. The monoisotopic (exact) mass is 349 g/mol. The Kier molecular flexibility index (Phi) is 4.81. The molecule has 0 aliphatic heterocycles. The lowest BCUT2D eigenvalue weighted by molar-refractivity contribution is 0.0950. The summed E-state index contributed by atoms with van der Waals surface area (Å²) in [5, 5.41) is 2.83. The predicted molar refractivity (Wildman–Crippen MR) is 85.4 cm³/mol. The molecule has 0 aliphatic carbocycles. The second-order valence-corrected chi connectivity index (χ2v) is 5.49. The van der Waals surface area contributed by atoms with E-state index in [2.05, 4.69) is 26.2 Å². The highest BCUT2D eigenvalue weighted by molar-refractivity contribution is 9.10. The highest BCUT2D eigenvalue weighted by Gasteiger charge is 2.06. The first-order valence-corrected chi connectivity index (χ1v) is 7.04. The third kappa shape index (κ3) is 3.85. The van der Waals surface area contributed by atoms with Gasteiger partial charge in [0.2, 0.25) is 0 Å². The lowest BCUT2D eigenvalue weighted by atomic mass is 10.1. The van der Waals surface area contributed by atoms with Gasteiger partial charge in [-0.2, -0.15) is 0 Å². The van der Waals surface area contributed by atoms with E-state index >= 15 is 0 Å². The zero-order valence-corrected chi connectivity index (χ0v) is 12.9. The summed E-state index contributed by atoms with van der Waals surface area (Å²) >= 11 is 8.17. The van der Waals surface area contributed by atoms with Crippen LogP contribution in [-0.2, 0) is 6.54 Å². The largest absolute Gasteiger partial charge is 0.389 e. The van der Waals surface area contributed by atoms with Crippen LogP contribution in [0.3, 0.4) is 0 Å². The Hall–Kier alpha value is -1.79. The predicted octanol–water partition coefficient (Wildman–Crippen LogP) is 2.41. The lowest BCUT2D eigenvalue weighted by Gasteiger charge is -2.06. The van der Waals surface area contributed by atoms with E-state index < -0.39 is 0 Å². The number of amides is 1. The van der Waals surface area contributed by atoms with Gasteiger partial charge in [-0.05, 0) is 27.6 Å². The molecular formula is C14H12BrN3OS. The molecular weight excluding hydrogens is 338 g/mol. The minimum atomic E-state index is -0.169. The van der Waals surface area contributed by atoms with Gasteiger partial charge in [0.1, 0.15) is 4.99 Å². The first-order chi connectivity index (χ1) is 9.56. The summed E-state index contributed by atoms with van der Waals surface area (Å²) in [4.78, 5) is 16.2. The SMILES string of the molecule is NC(=S)c1ccc(CNC(=O)c2cncc(Br)c2)cc1. The molecule has 3 N–H and O–H groups in total. The summed E-state index contributed by atoms with van der Waals surface area (Å²) in [6.07, 6.45) is 3.15. The third-order valence-electron chi connectivity index (χ3n) is 2.66. The van der Waals surface area contributed by atoms with Gasteiger partial charge in [0.05, 0.1) is 5.56 Å². The van der Waals surface area contributed by atoms with E-state index in [1.54, 1.807) is 12.3 Å². The van der Waals surface area contributed by atoms with Crippen LogP contribution in [0.25, 0.3) is 0 Å². The standard InChI is InChI=1S/C14H12BrN3OS/c15-12-5-11(7-17-8-12)14(19)18-6-9-1-3-10(4-2-9)13(16)20/h1-5,7-8H,6H2,(H2,16,20)(H,18,19). The first kappa shape index (κ1) is 14.6. The first-order valence-electron chi connectivity index (χ1n) is 5.84. The Bertz CT molecular complexity index is 643. The van der Waals surface area contributed by atoms with Crippen LogP contribution < -0.4 is 11.1 Å². The van der Waals surface area contributed by atoms with Crippen LogP contribution in [-0.4, -0.2) is 15.9 Å². The Morgan fingerprint density at radius 1 is 1.25 bits per heavy atom. The fourth-order valence-electron chi connectivity index (χ4n) is 1.61. The zero-order chi connectivity index (χ0) is 14.5. The molecule has 0 saturated heterocycles. The van der Waals surface area contributed by atoms with Crippen molar-refractivity contribution in [2.75, 3.05) is 0 Å². The van der Waals surface area contributed by atoms with E-state index in [-0.39, 0.29) is 5.91 Å². The number of aromatic nitrogens is 1. The molecule has 0 radical (unpaired) electrons. The molecule has 1 aromatic heterocycles. The van der Waals surface area contributed by atoms with E-state index in [4.69, 9.17) is 18.0 Å². The summed E-state index contributed by atoms with van der Waals surface area (Å²) in [5.41, 5.74) is 7.82. The van der Waals surface area contributed by atoms with Crippen molar-refractivity contribution in [2.24, 2.45) is 5.73 Å². The maximum absolute atomic E-state index is 11.9. The van der Waals surface area contributed by atoms with Gasteiger partial charge in [0.25, 0.3) is 5.91 Å². The van der Waals surface area contributed by atoms with E-state index in [0.717, 1.165) is 15.6 Å². The van der Waals surface area contributed by atoms with Gasteiger partial charge in [0, 0.05) is 29.0 Å². The molecule has 0 bridgehead atoms. The number of benzene rings is 1. The molecule has 4 nitrogen and oxygen atoms in total. The number of carbonyl (C=O) groups is 1. The molecule has 6 heteroatoms. The van der Waals surface area contributed by atoms with Crippen molar-refractivity contribution in [2.45, 2.75) is 6.54 Å². The fraction of sp³-hybridized carbons (Fsp3) is 0.0714. The molecule has 20 heavy (non-hydrogen) atoms. The number of hydrogen-bond donors (Lipinski definition) is 2. The molecule has 0 aliphatic rings. The number of nitrogens with zero attached hydrogens (tertiary/aromatic N) is 1. The Morgan fingerprint density at radius 2 is 1.95 bits per heavy atom. The average molecular weight is 350 g/mol. The van der Waals surface area contributed by atoms with Crippen molar-refractivity contribution in [1.82, 2.24) is 10.3 Å². The van der Waals surface area contributed by atoms with Gasteiger partial charge in [-0.25, -0.2) is 0 Å². The maximum atomic E-state index is 11.9. The molecule has 1 heterocycles. The van der Waals surface area contributed by atoms with Gasteiger partial charge in [-0.3, -0.25) is 9.78 Å². The molecule has 0 unspecified atom stereocenters. The number of nitrogens with two attached hydrogens (primary N) is 1. The summed E-state index contributed by atoms with van der Waals surface area (Å²) in [6, 6.07) is 9.16. The fourth-order valence-corrected chi connectivity index (χ4v) is 2.11. The number of hydrogen-bond acceptors (Lipinski definition) is 3. The Labute approximate surface area is 130 Å². The molecule has 102 valence electrons. The van der Waals surface area contributed by atoms with Crippen molar-refractivity contribution in [3.05, 3.63) is 63.9 Å². The van der Waals surface area contributed by atoms with Gasteiger partial charge in [0.15, 0.2) is 0 Å². The van der Waals surface area contributed by atoms with Crippen molar-refractivity contribution in [3.8, 4) is 0 Å². The van der Waals surface area contributed by atoms with E-state index in [9.17, 15) is 4.79 Å². The van der Waals surface area contributed by atoms with Crippen LogP contribution >= 0.6 is 28.1 Å². The highest BCUT2D eigenvalue weighted by atomic mass is 79.9. The second-order valence-electron chi connectivity index (χ2n) is 4.14. The summed E-state index contributed by atoms with van der Waals surface area (Å²) in [7, 11) is 0. The molecule has 0 saturated carbocycles. The number of thiocarbonyl (C=S) groups is 1. The Morgan fingerprint density at radius 3 is 2.55 bits per heavy atom. The molecule has 0 atom stereocenters. The minimum Gasteiger partial charge on any atom is -0.389 e. The number of rotatable bonds is 4. The van der Waals surface area contributed by atoms with Crippen LogP contribution in [0.5, 0.6) is 0 Å². The van der Waals surface area contributed by atoms with Gasteiger partial charge in [-0.15, -0.1) is 0 Å². The van der Waals surface area contributed by atoms with Crippen LogP contribution in [0.4, 0.5) is 0 Å². The molecule has 0 fully saturated rings. The number of carbonyl (C=O) groups excluding carboxylic acids is 1. The molecule has 1 aromatic carbocycles. The van der Waals surface area contributed by atoms with Crippen LogP contribution in [0.15, 0.2) is 47.2 Å². The van der Waals surface area contributed by atoms with Crippen molar-refractivity contribution in [1.29, 1.82) is 0 Å². The maximum Gasteiger partial charge on any atom is 0.253 e. The van der Waals surface area contributed by atoms with Gasteiger partial charge >= 0.3 is 0 Å². The quantitative estimate of drug-likeness (QED) is 0.831. The van der Waals surface area contributed by atoms with E-state index in [1.165, 1.54) is 6.20 Å². The zero-order valence-electron chi connectivity index (χ0n) is 10.5. The molecule has 0 spiro atoms. The van der Waals surface area contributed by atoms with Gasteiger partial charge in [-0.1, -0.05) is 36.5 Å². The van der Waals surface area contributed by atoms with E-state index in [0.29, 0.717) is 17.1 Å². The highest BCUT2D eigenvalue weighted by Crippen LogP contribution is 2.10. The van der Waals surface area contributed by atoms with Crippen molar-refractivity contribution < 1.29 is 4.79 Å². The average Bonchev–Trinajstić information content (AvgIpc) is 2.45. The summed E-state index contributed by atoms with van der Waals surface area (Å²) in [5.74, 6) is -0.169. The third-order valence-corrected chi connectivity index (χ3v) is 3.33. The molecule has 2 aromatic rings. The van der Waals surface area contributed by atoms with Crippen LogP contribution in [0.2, 0.25) is 0 Å². The van der Waals surface area contributed by atoms with Crippen molar-refractivity contribution in [3.63, 3.8) is 0 Å². The van der Waals surface area contributed by atoms with E-state index in [1.807, 2.05) is 24.3 Å². The Balaban J connectivity index is 1.98. The lowest BCUT2D eigenvalue weighted by Crippen LogP contribution is -2.23. The second kappa shape index (κ2) is 6.58. The smallest absolute Gasteiger partial charge is 0.253 e. The van der Waals surface area contributed by atoms with Crippen LogP contribution in [0, 0.1) is 0 Å². The summed E-state index contributed by atoms with van der Waals surface area (Å²) in [6.45, 7) is 0.433. The summed E-state index contributed by atoms with van der Waals surface area (Å²) < 4.78 is 0.769. The topological polar surface area (TPSA) is 68.0 Å². The number of halogens is 1. The van der Waals surface area contributed by atoms with Crippen LogP contribution in [0.1, 0.15) is 21.5 Å². The van der Waals surface area contributed by atoms with Gasteiger partial charge < -0.3 is 11.1 Å².